The van der Waals surface area contributed by atoms with E-state index in [1.165, 1.54) is 38.6 Å². The highest BCUT2D eigenvalue weighted by Gasteiger charge is 2.34. The zero-order chi connectivity index (χ0) is 25.0. The van der Waals surface area contributed by atoms with Crippen LogP contribution in [0.3, 0.4) is 0 Å². The molecule has 2 heteroatoms. The van der Waals surface area contributed by atoms with Crippen molar-refractivity contribution in [1.82, 2.24) is 0 Å². The molecule has 1 unspecified atom stereocenters. The van der Waals surface area contributed by atoms with Gasteiger partial charge in [-0.3, -0.25) is 0 Å². The second kappa shape index (κ2) is 8.44. The Morgan fingerprint density at radius 2 is 1.03 bits per heavy atom. The van der Waals surface area contributed by atoms with Gasteiger partial charge in [0, 0.05) is 10.6 Å². The predicted octanol–water partition coefficient (Wildman–Crippen LogP) is 8.76. The molecule has 6 aromatic rings. The predicted molar refractivity (Wildman–Crippen MR) is 158 cm³/mol. The summed E-state index contributed by atoms with van der Waals surface area (Å²) in [4.78, 5) is 0. The average Bonchev–Trinajstić information content (AvgIpc) is 3.19. The molecule has 0 spiro atoms. The molecule has 0 amide bonds. The van der Waals surface area contributed by atoms with Crippen LogP contribution < -0.4 is 10.6 Å². The van der Waals surface area contributed by atoms with Crippen LogP contribution in [0.1, 0.15) is 0 Å². The molecular formula is C35H25OP. The Bertz CT molecular complexity index is 1850. The first-order valence-electron chi connectivity index (χ1n) is 12.6. The zero-order valence-corrected chi connectivity index (χ0v) is 21.5. The van der Waals surface area contributed by atoms with Crippen molar-refractivity contribution in [2.24, 2.45) is 0 Å². The number of rotatable bonds is 3. The molecule has 176 valence electrons. The van der Waals surface area contributed by atoms with Crippen molar-refractivity contribution in [3.05, 3.63) is 133 Å². The normalized spacial score (nSPS) is 15.9. The molecule has 1 nitrogen and oxygen atoms in total. The highest BCUT2D eigenvalue weighted by atomic mass is 31.2. The quantitative estimate of drug-likeness (QED) is 0.226. The van der Waals surface area contributed by atoms with Gasteiger partial charge in [0.25, 0.3) is 0 Å². The molecule has 7 rings (SSSR count). The van der Waals surface area contributed by atoms with Gasteiger partial charge in [0.2, 0.25) is 0 Å². The van der Waals surface area contributed by atoms with Crippen LogP contribution >= 0.6 is 7.14 Å². The first-order chi connectivity index (χ1) is 18.1. The molecule has 1 aliphatic heterocycles. The third-order valence-corrected chi connectivity index (χ3v) is 10.2. The lowest BCUT2D eigenvalue weighted by Gasteiger charge is -2.13. The third kappa shape index (κ3) is 3.58. The lowest BCUT2D eigenvalue weighted by Crippen LogP contribution is -2.07. The second-order valence-corrected chi connectivity index (χ2v) is 12.7. The fourth-order valence-corrected chi connectivity index (χ4v) is 7.98. The highest BCUT2D eigenvalue weighted by molar-refractivity contribution is 7.79. The number of benzene rings is 6. The van der Waals surface area contributed by atoms with Gasteiger partial charge in [0.15, 0.2) is 0 Å². The van der Waals surface area contributed by atoms with Gasteiger partial charge in [0.1, 0.15) is 7.14 Å². The molecule has 0 fully saturated rings. The van der Waals surface area contributed by atoms with Crippen molar-refractivity contribution in [2.45, 2.75) is 0 Å². The Labute approximate surface area is 217 Å². The summed E-state index contributed by atoms with van der Waals surface area (Å²) in [6.45, 7) is 1.89. The van der Waals surface area contributed by atoms with Crippen molar-refractivity contribution in [1.29, 1.82) is 0 Å². The standard InChI is InChI=1S/C35H25OP/c1-37(36)34-14-8-7-13-31(34)33-22-27(19-20-35(33)37)29-21-28-11-5-6-12-30(28)32(23-29)26-17-15-25(16-18-26)24-9-3-2-4-10-24/h2-23H,1H3. The SMILES string of the molecule is CP1(=O)c2ccccc2-c2cc(-c3cc(-c4ccc(-c5ccccc5)cc4)c4ccccc4c3)ccc21. The van der Waals surface area contributed by atoms with Gasteiger partial charge in [0.05, 0.1) is 0 Å². The van der Waals surface area contributed by atoms with Crippen molar-refractivity contribution >= 4 is 28.5 Å². The average molecular weight is 493 g/mol. The van der Waals surface area contributed by atoms with Crippen LogP contribution in [0.4, 0.5) is 0 Å². The Morgan fingerprint density at radius 1 is 0.432 bits per heavy atom. The molecular weight excluding hydrogens is 467 g/mol. The van der Waals surface area contributed by atoms with E-state index < -0.39 is 7.14 Å². The summed E-state index contributed by atoms with van der Waals surface area (Å²) in [5, 5.41) is 4.39. The Balaban J connectivity index is 1.38. The van der Waals surface area contributed by atoms with Gasteiger partial charge in [-0.15, -0.1) is 0 Å². The smallest absolute Gasteiger partial charge is 0.141 e. The maximum absolute atomic E-state index is 13.7. The molecule has 1 atom stereocenters. The Morgan fingerprint density at radius 3 is 1.86 bits per heavy atom. The fraction of sp³-hybridized carbons (Fsp3) is 0.0286. The van der Waals surface area contributed by atoms with E-state index in [-0.39, 0.29) is 0 Å². The molecule has 0 radical (unpaired) electrons. The monoisotopic (exact) mass is 492 g/mol. The van der Waals surface area contributed by atoms with E-state index in [4.69, 9.17) is 0 Å². The van der Waals surface area contributed by atoms with Crippen LogP contribution in [0, 0.1) is 0 Å². The van der Waals surface area contributed by atoms with Crippen LogP contribution in [0.15, 0.2) is 133 Å². The molecule has 0 aromatic heterocycles. The zero-order valence-electron chi connectivity index (χ0n) is 20.6. The van der Waals surface area contributed by atoms with Crippen LogP contribution in [0.5, 0.6) is 0 Å². The van der Waals surface area contributed by atoms with Gasteiger partial charge in [-0.25, -0.2) is 0 Å². The topological polar surface area (TPSA) is 17.1 Å². The van der Waals surface area contributed by atoms with Crippen molar-refractivity contribution < 1.29 is 4.57 Å². The summed E-state index contributed by atoms with van der Waals surface area (Å²) in [7, 11) is -2.56. The van der Waals surface area contributed by atoms with E-state index in [1.54, 1.807) is 0 Å². The van der Waals surface area contributed by atoms with Gasteiger partial charge in [-0.2, -0.15) is 0 Å². The lowest BCUT2D eigenvalue weighted by molar-refractivity contribution is 0.591. The van der Waals surface area contributed by atoms with Crippen molar-refractivity contribution in [3.8, 4) is 44.5 Å². The van der Waals surface area contributed by atoms with Crippen molar-refractivity contribution in [3.63, 3.8) is 0 Å². The summed E-state index contributed by atoms with van der Waals surface area (Å²) in [5.41, 5.74) is 9.35. The summed E-state index contributed by atoms with van der Waals surface area (Å²) in [6.07, 6.45) is 0. The fourth-order valence-electron chi connectivity index (χ4n) is 5.70. The second-order valence-electron chi connectivity index (χ2n) is 9.86. The summed E-state index contributed by atoms with van der Waals surface area (Å²) < 4.78 is 13.7. The molecule has 0 N–H and O–H groups in total. The van der Waals surface area contributed by atoms with Gasteiger partial charge in [-0.1, -0.05) is 109 Å². The minimum Gasteiger partial charge on any atom is -0.314 e. The molecule has 1 aliphatic rings. The molecule has 0 saturated carbocycles. The molecule has 6 aromatic carbocycles. The summed E-state index contributed by atoms with van der Waals surface area (Å²) in [6, 6.07) is 47.1. The molecule has 0 saturated heterocycles. The first kappa shape index (κ1) is 22.0. The molecule has 0 bridgehead atoms. The minimum atomic E-state index is -2.56. The largest absolute Gasteiger partial charge is 0.314 e. The van der Waals surface area contributed by atoms with E-state index >= 15 is 0 Å². The molecule has 0 aliphatic carbocycles. The Kier molecular flexibility index (Phi) is 5.03. The molecule has 1 heterocycles. The number of hydrogen-bond acceptors (Lipinski definition) is 1. The van der Waals surface area contributed by atoms with Gasteiger partial charge in [-0.05, 0) is 86.2 Å². The summed E-state index contributed by atoms with van der Waals surface area (Å²) in [5.74, 6) is 0. The van der Waals surface area contributed by atoms with Crippen LogP contribution in [-0.4, -0.2) is 6.66 Å². The number of fused-ring (bicyclic) bond motifs is 4. The summed E-state index contributed by atoms with van der Waals surface area (Å²) >= 11 is 0. The van der Waals surface area contributed by atoms with Gasteiger partial charge >= 0.3 is 0 Å². The minimum absolute atomic E-state index is 0.968. The maximum atomic E-state index is 13.7. The first-order valence-corrected chi connectivity index (χ1v) is 14.8. The lowest BCUT2D eigenvalue weighted by atomic mass is 9.91. The van der Waals surface area contributed by atoms with E-state index in [0.717, 1.165) is 27.3 Å². The van der Waals surface area contributed by atoms with E-state index in [2.05, 4.69) is 109 Å². The Hall–Kier alpha value is -4.19. The van der Waals surface area contributed by atoms with Crippen molar-refractivity contribution in [2.75, 3.05) is 6.66 Å². The van der Waals surface area contributed by atoms with E-state index in [1.807, 2.05) is 30.9 Å². The van der Waals surface area contributed by atoms with Crippen LogP contribution in [0.2, 0.25) is 0 Å². The van der Waals surface area contributed by atoms with E-state index in [9.17, 15) is 4.57 Å². The van der Waals surface area contributed by atoms with Crippen LogP contribution in [-0.2, 0) is 4.57 Å². The third-order valence-electron chi connectivity index (χ3n) is 7.61. The van der Waals surface area contributed by atoms with Crippen LogP contribution in [0.25, 0.3) is 55.3 Å². The molecule has 37 heavy (non-hydrogen) atoms. The number of hydrogen-bond donors (Lipinski definition) is 0. The maximum Gasteiger partial charge on any atom is 0.141 e. The van der Waals surface area contributed by atoms with Gasteiger partial charge < -0.3 is 4.57 Å². The van der Waals surface area contributed by atoms with E-state index in [0.29, 0.717) is 0 Å². The highest BCUT2D eigenvalue weighted by Crippen LogP contribution is 2.50.